The zero-order chi connectivity index (χ0) is 16.4. The van der Waals surface area contributed by atoms with E-state index in [1.54, 1.807) is 10.9 Å². The van der Waals surface area contributed by atoms with Crippen LogP contribution in [0.1, 0.15) is 33.0 Å². The number of carbonyl (C=O) groups is 2. The van der Waals surface area contributed by atoms with E-state index in [0.717, 1.165) is 0 Å². The molecule has 1 heterocycles. The molecule has 0 saturated carbocycles. The first-order valence-corrected chi connectivity index (χ1v) is 7.20. The Kier molecular flexibility index (Phi) is 4.65. The van der Waals surface area contributed by atoms with Gasteiger partial charge in [0.1, 0.15) is 5.69 Å². The minimum absolute atomic E-state index is 0.00556. The maximum absolute atomic E-state index is 12.7. The Balaban J connectivity index is 2.46. The number of hydrogen-bond acceptors (Lipinski definition) is 5. The maximum Gasteiger partial charge on any atom is 0.356 e. The van der Waals surface area contributed by atoms with Crippen molar-refractivity contribution in [3.63, 3.8) is 0 Å². The van der Waals surface area contributed by atoms with Gasteiger partial charge in [-0.05, 0) is 26.9 Å². The van der Waals surface area contributed by atoms with Crippen molar-refractivity contribution >= 4 is 11.8 Å². The Bertz CT molecular complexity index is 629. The van der Waals surface area contributed by atoms with Crippen molar-refractivity contribution in [2.45, 2.75) is 19.4 Å². The molecule has 0 atom stereocenters. The van der Waals surface area contributed by atoms with Crippen LogP contribution in [0.2, 0.25) is 0 Å². The van der Waals surface area contributed by atoms with Crippen molar-refractivity contribution in [1.82, 2.24) is 19.6 Å². The third-order valence-electron chi connectivity index (χ3n) is 3.58. The van der Waals surface area contributed by atoms with Crippen molar-refractivity contribution in [2.75, 3.05) is 34.7 Å². The van der Waals surface area contributed by atoms with E-state index in [1.165, 1.54) is 0 Å². The predicted octanol–water partition coefficient (Wildman–Crippen LogP) is 0.717. The smallest absolute Gasteiger partial charge is 0.356 e. The van der Waals surface area contributed by atoms with Crippen LogP contribution in [-0.4, -0.2) is 71.2 Å². The number of aromatic nitrogens is 2. The van der Waals surface area contributed by atoms with Gasteiger partial charge >= 0.3 is 5.97 Å². The molecule has 1 aromatic heterocycles. The Morgan fingerprint density at radius 2 is 2.00 bits per heavy atom. The summed E-state index contributed by atoms with van der Waals surface area (Å²) in [5.41, 5.74) is 1.69. The molecule has 0 saturated heterocycles. The van der Waals surface area contributed by atoms with Crippen molar-refractivity contribution in [2.24, 2.45) is 0 Å². The Morgan fingerprint density at radius 3 is 2.55 bits per heavy atom. The van der Waals surface area contributed by atoms with E-state index in [0.29, 0.717) is 42.8 Å². The molecule has 2 rings (SSSR count). The predicted molar refractivity (Wildman–Crippen MR) is 82.2 cm³/mol. The first kappa shape index (κ1) is 16.2. The Hall–Kier alpha value is -2.15. The summed E-state index contributed by atoms with van der Waals surface area (Å²) in [7, 11) is 7.57. The molecule has 7 nitrogen and oxygen atoms in total. The summed E-state index contributed by atoms with van der Waals surface area (Å²) in [5, 5.41) is 13.5. The molecule has 1 aliphatic carbocycles. The van der Waals surface area contributed by atoms with Crippen LogP contribution in [-0.2, 0) is 13.0 Å². The fourth-order valence-electron chi connectivity index (χ4n) is 2.58. The van der Waals surface area contributed by atoms with Crippen LogP contribution in [0.15, 0.2) is 11.8 Å². The van der Waals surface area contributed by atoms with Crippen molar-refractivity contribution in [3.05, 3.63) is 28.7 Å². The molecular weight excluding hydrogens is 284 g/mol. The highest BCUT2D eigenvalue weighted by Crippen LogP contribution is 2.28. The van der Waals surface area contributed by atoms with E-state index >= 15 is 0 Å². The number of carboxylic acid groups (broad SMARTS) is 1. The maximum atomic E-state index is 12.7. The normalized spacial score (nSPS) is 16.2. The van der Waals surface area contributed by atoms with Gasteiger partial charge in [-0.15, -0.1) is 0 Å². The van der Waals surface area contributed by atoms with Gasteiger partial charge in [-0.25, -0.2) is 4.79 Å². The topological polar surface area (TPSA) is 78.7 Å². The third kappa shape index (κ3) is 3.19. The third-order valence-corrected chi connectivity index (χ3v) is 3.58. The lowest BCUT2D eigenvalue weighted by atomic mass is 9.90. The monoisotopic (exact) mass is 306 g/mol. The summed E-state index contributed by atoms with van der Waals surface area (Å²) < 4.78 is 1.55. The van der Waals surface area contributed by atoms with Crippen molar-refractivity contribution < 1.29 is 14.7 Å². The fourth-order valence-corrected chi connectivity index (χ4v) is 2.58. The average molecular weight is 306 g/mol. The molecule has 0 radical (unpaired) electrons. The number of likely N-dealkylation sites (N-methyl/N-ethyl adjacent to an activating group) is 1. The van der Waals surface area contributed by atoms with Crippen LogP contribution in [0.3, 0.4) is 0 Å². The standard InChI is InChI=1S/C15H22N4O3/c1-17(2)7-8-19-13-11(12(16-19)15(21)22)6-5-10(14(13)20)9-18(3)4/h9H,5-8H2,1-4H3,(H,21,22). The number of ketones is 1. The second-order valence-electron chi connectivity index (χ2n) is 5.95. The first-order valence-electron chi connectivity index (χ1n) is 7.20. The minimum atomic E-state index is -1.08. The molecule has 0 aliphatic heterocycles. The molecule has 1 aliphatic rings. The van der Waals surface area contributed by atoms with Crippen LogP contribution in [0.25, 0.3) is 0 Å². The van der Waals surface area contributed by atoms with Gasteiger partial charge in [-0.2, -0.15) is 5.10 Å². The summed E-state index contributed by atoms with van der Waals surface area (Å²) in [5.74, 6) is -1.19. The Labute approximate surface area is 129 Å². The van der Waals surface area contributed by atoms with Gasteiger partial charge < -0.3 is 14.9 Å². The summed E-state index contributed by atoms with van der Waals surface area (Å²) in [4.78, 5) is 27.9. The van der Waals surface area contributed by atoms with E-state index in [1.807, 2.05) is 38.0 Å². The fraction of sp³-hybridized carbons (Fsp3) is 0.533. The molecule has 0 unspecified atom stereocenters. The van der Waals surface area contributed by atoms with Crippen molar-refractivity contribution in [3.8, 4) is 0 Å². The van der Waals surface area contributed by atoms with Gasteiger partial charge in [0.25, 0.3) is 0 Å². The van der Waals surface area contributed by atoms with Gasteiger partial charge in [0.05, 0.1) is 6.54 Å². The number of Topliss-reactive ketones (excluding diaryl/α,β-unsaturated/α-hetero) is 1. The van der Waals surface area contributed by atoms with Gasteiger partial charge in [-0.1, -0.05) is 0 Å². The van der Waals surface area contributed by atoms with E-state index in [9.17, 15) is 14.7 Å². The number of hydrogen-bond donors (Lipinski definition) is 1. The van der Waals surface area contributed by atoms with Crippen LogP contribution >= 0.6 is 0 Å². The lowest BCUT2D eigenvalue weighted by molar-refractivity contribution is 0.0688. The molecule has 7 heteroatoms. The molecular formula is C15H22N4O3. The number of aromatic carboxylic acids is 1. The van der Waals surface area contributed by atoms with Gasteiger partial charge in [-0.3, -0.25) is 9.48 Å². The van der Waals surface area contributed by atoms with Gasteiger partial charge in [0.15, 0.2) is 5.69 Å². The van der Waals surface area contributed by atoms with Crippen LogP contribution in [0, 0.1) is 0 Å². The lowest BCUT2D eigenvalue weighted by Gasteiger charge is -2.18. The summed E-state index contributed by atoms with van der Waals surface area (Å²) in [6, 6.07) is 0. The zero-order valence-corrected chi connectivity index (χ0v) is 13.5. The number of allylic oxidation sites excluding steroid dienone is 1. The minimum Gasteiger partial charge on any atom is -0.476 e. The number of carbonyl (C=O) groups excluding carboxylic acids is 1. The molecule has 22 heavy (non-hydrogen) atoms. The molecule has 0 fully saturated rings. The second-order valence-corrected chi connectivity index (χ2v) is 5.95. The van der Waals surface area contributed by atoms with Gasteiger partial charge in [0.2, 0.25) is 5.78 Å². The SMILES string of the molecule is CN(C)C=C1CCc2c(C(=O)O)nn(CCN(C)C)c2C1=O. The van der Waals surface area contributed by atoms with Gasteiger partial charge in [0, 0.05) is 38.0 Å². The zero-order valence-electron chi connectivity index (χ0n) is 13.5. The van der Waals surface area contributed by atoms with Crippen LogP contribution < -0.4 is 0 Å². The largest absolute Gasteiger partial charge is 0.476 e. The van der Waals surface area contributed by atoms with E-state index in [4.69, 9.17) is 0 Å². The van der Waals surface area contributed by atoms with Crippen LogP contribution in [0.4, 0.5) is 0 Å². The number of carboxylic acids is 1. The molecule has 1 N–H and O–H groups in total. The number of rotatable bonds is 5. The lowest BCUT2D eigenvalue weighted by Crippen LogP contribution is -2.24. The number of fused-ring (bicyclic) bond motifs is 1. The van der Waals surface area contributed by atoms with Crippen molar-refractivity contribution in [1.29, 1.82) is 0 Å². The quantitative estimate of drug-likeness (QED) is 0.808. The molecule has 1 aromatic rings. The number of nitrogens with zero attached hydrogens (tertiary/aromatic N) is 4. The first-order chi connectivity index (χ1) is 10.3. The summed E-state index contributed by atoms with van der Waals surface area (Å²) in [6.07, 6.45) is 2.88. The molecule has 0 aromatic carbocycles. The molecule has 0 spiro atoms. The highest BCUT2D eigenvalue weighted by atomic mass is 16.4. The summed E-state index contributed by atoms with van der Waals surface area (Å²) >= 11 is 0. The highest BCUT2D eigenvalue weighted by molar-refractivity contribution is 6.11. The molecule has 0 bridgehead atoms. The average Bonchev–Trinajstić information content (AvgIpc) is 2.79. The molecule has 0 amide bonds. The van der Waals surface area contributed by atoms with E-state index in [-0.39, 0.29) is 11.5 Å². The second kappa shape index (κ2) is 6.31. The van der Waals surface area contributed by atoms with E-state index in [2.05, 4.69) is 5.10 Å². The summed E-state index contributed by atoms with van der Waals surface area (Å²) in [6.45, 7) is 1.18. The highest BCUT2D eigenvalue weighted by Gasteiger charge is 2.32. The Morgan fingerprint density at radius 1 is 1.32 bits per heavy atom. The van der Waals surface area contributed by atoms with E-state index < -0.39 is 5.97 Å². The van der Waals surface area contributed by atoms with Crippen LogP contribution in [0.5, 0.6) is 0 Å². The molecule has 120 valence electrons.